The molecule has 8 nitrogen and oxygen atoms in total. The van der Waals surface area contributed by atoms with Crippen molar-refractivity contribution in [3.63, 3.8) is 0 Å². The van der Waals surface area contributed by atoms with Gasteiger partial charge < -0.3 is 9.47 Å². The van der Waals surface area contributed by atoms with Crippen LogP contribution in [0.3, 0.4) is 0 Å². The molecule has 0 atom stereocenters. The molecule has 4 aliphatic carbocycles. The third-order valence-electron chi connectivity index (χ3n) is 9.68. The minimum absolute atomic E-state index is 0.250. The molecule has 9 heteroatoms. The number of allylic oxidation sites excluding steroid dienone is 1. The van der Waals surface area contributed by atoms with Gasteiger partial charge in [-0.2, -0.15) is 8.42 Å². The van der Waals surface area contributed by atoms with Crippen LogP contribution >= 0.6 is 0 Å². The Bertz CT molecular complexity index is 1390. The smallest absolute Gasteiger partial charge is 0.264 e. The molecule has 0 unspecified atom stereocenters. The number of hydrogen-bond donors (Lipinski definition) is 0. The van der Waals surface area contributed by atoms with Gasteiger partial charge in [0, 0.05) is 11.5 Å². The van der Waals surface area contributed by atoms with Gasteiger partial charge in [0.2, 0.25) is 0 Å². The summed E-state index contributed by atoms with van der Waals surface area (Å²) in [6.07, 6.45) is 15.5. The van der Waals surface area contributed by atoms with Crippen molar-refractivity contribution in [3.8, 4) is 11.5 Å². The van der Waals surface area contributed by atoms with Crippen LogP contribution in [0.4, 0.5) is 0 Å². The lowest BCUT2D eigenvalue weighted by Crippen LogP contribution is -2.40. The largest absolute Gasteiger partial charge is 0.494 e. The second-order valence-corrected chi connectivity index (χ2v) is 14.8. The molecule has 2 aromatic rings. The van der Waals surface area contributed by atoms with E-state index in [1.165, 1.54) is 48.8 Å². The topological polar surface area (TPSA) is 111 Å². The molecule has 0 amide bonds. The average molecular weight is 636 g/mol. The zero-order chi connectivity index (χ0) is 31.5. The van der Waals surface area contributed by atoms with Crippen LogP contribution < -0.4 is 9.47 Å². The molecule has 6 rings (SSSR count). The van der Waals surface area contributed by atoms with Gasteiger partial charge in [0.25, 0.3) is 10.1 Å². The van der Waals surface area contributed by atoms with Gasteiger partial charge >= 0.3 is 0 Å². The minimum Gasteiger partial charge on any atom is -0.494 e. The van der Waals surface area contributed by atoms with Gasteiger partial charge in [-0.25, -0.2) is 0 Å². The summed E-state index contributed by atoms with van der Waals surface area (Å²) in [5.74, 6) is 5.02. The van der Waals surface area contributed by atoms with E-state index in [0.29, 0.717) is 31.6 Å². The maximum absolute atomic E-state index is 11.1. The lowest BCUT2D eigenvalue weighted by molar-refractivity contribution is 0.0705. The second kappa shape index (κ2) is 16.5. The van der Waals surface area contributed by atoms with E-state index in [1.807, 2.05) is 0 Å². The van der Waals surface area contributed by atoms with Crippen molar-refractivity contribution in [1.29, 1.82) is 0 Å². The van der Waals surface area contributed by atoms with Crippen LogP contribution in [0.1, 0.15) is 94.6 Å². The summed E-state index contributed by atoms with van der Waals surface area (Å²) >= 11 is 0. The first-order valence-electron chi connectivity index (χ1n) is 17.0. The van der Waals surface area contributed by atoms with Gasteiger partial charge in [0.15, 0.2) is 0 Å². The molecule has 4 fully saturated rings. The van der Waals surface area contributed by atoms with Gasteiger partial charge in [-0.05, 0) is 134 Å². The molecule has 4 aliphatic rings. The van der Waals surface area contributed by atoms with E-state index in [4.69, 9.17) is 19.2 Å². The SMILES string of the molecule is CS(=O)(=O)OCCCCCCOc1ccc(C(=C2C3CC4CC(C3)CC2C4)c2ccc(OCCCCCCN=[N+]=[N-])cc2)cc1. The van der Waals surface area contributed by atoms with Crippen LogP contribution in [0, 0.1) is 23.7 Å². The molecule has 0 spiro atoms. The van der Waals surface area contributed by atoms with Crippen LogP contribution in [-0.2, 0) is 14.3 Å². The molecule has 0 N–H and O–H groups in total. The fraction of sp³-hybridized carbons (Fsp3) is 0.611. The number of ether oxygens (including phenoxy) is 2. The lowest BCUT2D eigenvalue weighted by Gasteiger charge is -2.52. The minimum atomic E-state index is -3.35. The number of rotatable bonds is 19. The molecule has 0 saturated heterocycles. The zero-order valence-electron chi connectivity index (χ0n) is 26.7. The molecule has 2 aromatic carbocycles. The van der Waals surface area contributed by atoms with Crippen LogP contribution in [0.5, 0.6) is 11.5 Å². The standard InChI is InChI=1S/C36H49N3O5S/c1-45(40,41)44-21-9-5-4-8-20-43-34-16-12-30(13-17-34)35(36-31-23-27-22-28(25-31)26-32(36)24-27)29-10-14-33(15-11-29)42-19-7-3-2-6-18-38-39-37/h10-17,27-28,31-32H,2-9,18-26H2,1H3. The van der Waals surface area contributed by atoms with Gasteiger partial charge in [-0.3, -0.25) is 4.18 Å². The van der Waals surface area contributed by atoms with Crippen molar-refractivity contribution in [2.75, 3.05) is 32.6 Å². The Morgan fingerprint density at radius 2 is 1.18 bits per heavy atom. The highest BCUT2D eigenvalue weighted by molar-refractivity contribution is 7.85. The lowest BCUT2D eigenvalue weighted by atomic mass is 9.53. The zero-order valence-corrected chi connectivity index (χ0v) is 27.6. The summed E-state index contributed by atoms with van der Waals surface area (Å²) in [5, 5.41) is 3.60. The first-order valence-corrected chi connectivity index (χ1v) is 18.8. The monoisotopic (exact) mass is 635 g/mol. The summed E-state index contributed by atoms with van der Waals surface area (Å²) in [7, 11) is -3.35. The van der Waals surface area contributed by atoms with Crippen LogP contribution in [0.25, 0.3) is 16.0 Å². The van der Waals surface area contributed by atoms with E-state index >= 15 is 0 Å². The predicted octanol–water partition coefficient (Wildman–Crippen LogP) is 9.11. The Morgan fingerprint density at radius 3 is 1.64 bits per heavy atom. The van der Waals surface area contributed by atoms with Crippen molar-refractivity contribution in [1.82, 2.24) is 0 Å². The van der Waals surface area contributed by atoms with Crippen molar-refractivity contribution in [2.24, 2.45) is 28.8 Å². The van der Waals surface area contributed by atoms with E-state index in [9.17, 15) is 8.42 Å². The van der Waals surface area contributed by atoms with Crippen molar-refractivity contribution >= 4 is 15.7 Å². The summed E-state index contributed by atoms with van der Waals surface area (Å²) in [6, 6.07) is 17.4. The highest BCUT2D eigenvalue weighted by Gasteiger charge is 2.46. The van der Waals surface area contributed by atoms with Gasteiger partial charge in [0.05, 0.1) is 26.1 Å². The van der Waals surface area contributed by atoms with Crippen LogP contribution in [-0.4, -0.2) is 41.0 Å². The maximum atomic E-state index is 11.1. The molecule has 4 bridgehead atoms. The van der Waals surface area contributed by atoms with E-state index in [2.05, 4.69) is 58.6 Å². The predicted molar refractivity (Wildman–Crippen MR) is 179 cm³/mol. The normalized spacial score (nSPS) is 21.8. The Balaban J connectivity index is 1.20. The van der Waals surface area contributed by atoms with E-state index in [-0.39, 0.29) is 6.61 Å². The van der Waals surface area contributed by atoms with Crippen molar-refractivity contribution in [2.45, 2.75) is 83.5 Å². The fourth-order valence-corrected chi connectivity index (χ4v) is 8.29. The molecule has 0 aromatic heterocycles. The molecular weight excluding hydrogens is 586 g/mol. The van der Waals surface area contributed by atoms with Crippen molar-refractivity contribution in [3.05, 3.63) is 75.7 Å². The van der Waals surface area contributed by atoms with E-state index in [1.54, 1.807) is 5.57 Å². The second-order valence-electron chi connectivity index (χ2n) is 13.2. The Labute approximate surface area is 269 Å². The maximum Gasteiger partial charge on any atom is 0.264 e. The molecule has 244 valence electrons. The van der Waals surface area contributed by atoms with E-state index in [0.717, 1.165) is 81.0 Å². The number of benzene rings is 2. The summed E-state index contributed by atoms with van der Waals surface area (Å²) in [6.45, 7) is 2.16. The van der Waals surface area contributed by atoms with Gasteiger partial charge in [-0.15, -0.1) is 0 Å². The highest BCUT2D eigenvalue weighted by atomic mass is 32.2. The molecule has 0 radical (unpaired) electrons. The van der Waals surface area contributed by atoms with Gasteiger partial charge in [0.1, 0.15) is 11.5 Å². The fourth-order valence-electron chi connectivity index (χ4n) is 7.87. The first kappa shape index (κ1) is 33.4. The molecule has 4 saturated carbocycles. The highest BCUT2D eigenvalue weighted by Crippen LogP contribution is 2.58. The van der Waals surface area contributed by atoms with Gasteiger partial charge in [-0.1, -0.05) is 54.2 Å². The van der Waals surface area contributed by atoms with Crippen LogP contribution in [0.15, 0.2) is 59.2 Å². The number of unbranched alkanes of at least 4 members (excludes halogenated alkanes) is 6. The number of hydrogen-bond acceptors (Lipinski definition) is 6. The summed E-state index contributed by atoms with van der Waals surface area (Å²) < 4.78 is 39.1. The number of nitrogens with zero attached hydrogens (tertiary/aromatic N) is 3. The van der Waals surface area contributed by atoms with E-state index < -0.39 is 10.1 Å². The molecular formula is C36H49N3O5S. The Kier molecular flexibility index (Phi) is 12.3. The van der Waals surface area contributed by atoms with Crippen LogP contribution in [0.2, 0.25) is 0 Å². The molecule has 0 aliphatic heterocycles. The number of azide groups is 1. The average Bonchev–Trinajstić information content (AvgIpc) is 3.01. The third-order valence-corrected chi connectivity index (χ3v) is 10.3. The van der Waals surface area contributed by atoms with Crippen molar-refractivity contribution < 1.29 is 22.1 Å². The molecule has 0 heterocycles. The molecule has 45 heavy (non-hydrogen) atoms. The quantitative estimate of drug-likeness (QED) is 0.0503. The Hall–Kier alpha value is -3.00. The summed E-state index contributed by atoms with van der Waals surface area (Å²) in [4.78, 5) is 2.81. The first-order chi connectivity index (χ1) is 21.9. The Morgan fingerprint density at radius 1 is 0.711 bits per heavy atom. The summed E-state index contributed by atoms with van der Waals surface area (Å²) in [5.41, 5.74) is 14.0. The third kappa shape index (κ3) is 9.99.